The number of phenols is 1. The zero-order valence-electron chi connectivity index (χ0n) is 25.8. The number of phenolic OH excluding ortho intramolecular Hbond substituents is 1. The average molecular weight is 617 g/mol. The van der Waals surface area contributed by atoms with E-state index >= 15 is 4.39 Å². The number of benzene rings is 3. The number of aromatic nitrogens is 2. The van der Waals surface area contributed by atoms with Gasteiger partial charge in [0, 0.05) is 42.5 Å². The molecule has 1 saturated carbocycles. The Hall–Kier alpha value is -4.25. The van der Waals surface area contributed by atoms with Crippen LogP contribution in [0.1, 0.15) is 38.2 Å². The van der Waals surface area contributed by atoms with Gasteiger partial charge in [-0.15, -0.1) is 0 Å². The van der Waals surface area contributed by atoms with E-state index < -0.39 is 11.4 Å². The second-order valence-corrected chi connectivity index (χ2v) is 13.3. The van der Waals surface area contributed by atoms with Gasteiger partial charge in [0.1, 0.15) is 22.9 Å². The Morgan fingerprint density at radius 2 is 1.91 bits per heavy atom. The number of amides is 2. The summed E-state index contributed by atoms with van der Waals surface area (Å²) in [4.78, 5) is 25.8. The Bertz CT molecular complexity index is 1830. The number of carbonyl (C=O) groups excluding carboxylic acids is 1. The molecule has 1 unspecified atom stereocenters. The monoisotopic (exact) mass is 616 g/mol. The molecule has 3 aliphatic rings. The number of hydrogen-bond acceptors (Lipinski definition) is 7. The SMILES string of the molecule is CCc1c(F)ccc2cc(O)cc(-c3ccc4c(N5CCCC6(CNC(=O)N6)C5)nc(OCC5(CN(C)C)CC5)nc4c3F)c12. The number of aromatic hydroxyl groups is 1. The molecule has 3 aromatic carbocycles. The lowest BCUT2D eigenvalue weighted by molar-refractivity contribution is 0.183. The van der Waals surface area contributed by atoms with Crippen molar-refractivity contribution in [3.8, 4) is 22.9 Å². The predicted octanol–water partition coefficient (Wildman–Crippen LogP) is 5.37. The smallest absolute Gasteiger partial charge is 0.319 e. The number of piperidine rings is 1. The molecule has 1 spiro atoms. The van der Waals surface area contributed by atoms with Crippen molar-refractivity contribution in [1.82, 2.24) is 25.5 Å². The van der Waals surface area contributed by atoms with E-state index in [0.29, 0.717) is 65.8 Å². The Balaban J connectivity index is 1.37. The number of anilines is 1. The predicted molar refractivity (Wildman–Crippen MR) is 170 cm³/mol. The van der Waals surface area contributed by atoms with Crippen LogP contribution in [0.2, 0.25) is 0 Å². The summed E-state index contributed by atoms with van der Waals surface area (Å²) in [6.07, 6.45) is 4.11. The Kier molecular flexibility index (Phi) is 7.18. The number of ether oxygens (including phenoxy) is 1. The van der Waals surface area contributed by atoms with E-state index in [-0.39, 0.29) is 40.1 Å². The molecule has 0 radical (unpaired) electrons. The van der Waals surface area contributed by atoms with Crippen molar-refractivity contribution < 1.29 is 23.4 Å². The molecule has 2 aliphatic heterocycles. The van der Waals surface area contributed by atoms with Crippen molar-refractivity contribution >= 4 is 33.5 Å². The summed E-state index contributed by atoms with van der Waals surface area (Å²) in [5, 5.41) is 18.3. The fourth-order valence-corrected chi connectivity index (χ4v) is 7.25. The van der Waals surface area contributed by atoms with Gasteiger partial charge in [-0.1, -0.05) is 19.1 Å². The minimum Gasteiger partial charge on any atom is -0.508 e. The molecule has 11 heteroatoms. The number of nitrogens with zero attached hydrogens (tertiary/aromatic N) is 4. The molecule has 2 amide bonds. The van der Waals surface area contributed by atoms with Crippen LogP contribution in [-0.2, 0) is 6.42 Å². The lowest BCUT2D eigenvalue weighted by atomic mass is 9.89. The number of carbonyl (C=O) groups is 1. The van der Waals surface area contributed by atoms with Crippen molar-refractivity contribution in [2.24, 2.45) is 5.41 Å². The molecule has 236 valence electrons. The Labute approximate surface area is 260 Å². The van der Waals surface area contributed by atoms with Crippen LogP contribution in [0.25, 0.3) is 32.8 Å². The number of rotatable bonds is 8. The highest BCUT2D eigenvalue weighted by atomic mass is 19.1. The molecule has 3 N–H and O–H groups in total. The normalized spacial score (nSPS) is 20.7. The molecule has 9 nitrogen and oxygen atoms in total. The van der Waals surface area contributed by atoms with Crippen LogP contribution < -0.4 is 20.3 Å². The molecule has 1 atom stereocenters. The lowest BCUT2D eigenvalue weighted by Crippen LogP contribution is -2.56. The molecule has 3 fully saturated rings. The van der Waals surface area contributed by atoms with Crippen LogP contribution in [-0.4, -0.2) is 78.4 Å². The van der Waals surface area contributed by atoms with Gasteiger partial charge >= 0.3 is 12.0 Å². The summed E-state index contributed by atoms with van der Waals surface area (Å²) in [5.74, 6) is -0.479. The molecule has 1 aromatic heterocycles. The van der Waals surface area contributed by atoms with E-state index in [4.69, 9.17) is 9.72 Å². The molecule has 4 aromatic rings. The quantitative estimate of drug-likeness (QED) is 0.245. The summed E-state index contributed by atoms with van der Waals surface area (Å²) in [6.45, 7) is 4.81. The van der Waals surface area contributed by atoms with Crippen molar-refractivity contribution in [3.05, 3.63) is 53.6 Å². The highest BCUT2D eigenvalue weighted by Crippen LogP contribution is 2.46. The minimum absolute atomic E-state index is 0.0124. The van der Waals surface area contributed by atoms with Gasteiger partial charge in [-0.05, 0) is 92.4 Å². The zero-order chi connectivity index (χ0) is 31.5. The molecule has 0 bridgehead atoms. The number of fused-ring (bicyclic) bond motifs is 2. The van der Waals surface area contributed by atoms with E-state index in [0.717, 1.165) is 32.2 Å². The first-order valence-corrected chi connectivity index (χ1v) is 15.6. The maximum absolute atomic E-state index is 16.9. The standard InChI is InChI=1S/C34H38F2N6O3/c1-4-22-26(35)9-6-20-14-21(43)15-25(27(20)22)23-7-8-24-29(28(23)36)38-32(45-19-33(11-12-33)17-41(2)3)39-30(24)42-13-5-10-34(18-42)16-37-31(44)40-34/h6-9,14-15,43H,4-5,10-13,16-19H2,1-3H3,(H2,37,40,44). The third-order valence-corrected chi connectivity index (χ3v) is 9.52. The highest BCUT2D eigenvalue weighted by Gasteiger charge is 2.45. The molecule has 45 heavy (non-hydrogen) atoms. The van der Waals surface area contributed by atoms with Gasteiger partial charge in [0.2, 0.25) is 0 Å². The van der Waals surface area contributed by atoms with Gasteiger partial charge in [-0.3, -0.25) is 0 Å². The third-order valence-electron chi connectivity index (χ3n) is 9.52. The summed E-state index contributed by atoms with van der Waals surface area (Å²) in [5.41, 5.74) is 0.700. The Morgan fingerprint density at radius 1 is 1.09 bits per heavy atom. The zero-order valence-corrected chi connectivity index (χ0v) is 25.8. The average Bonchev–Trinajstić information content (AvgIpc) is 3.68. The maximum Gasteiger partial charge on any atom is 0.319 e. The summed E-state index contributed by atoms with van der Waals surface area (Å²) in [7, 11) is 4.07. The Morgan fingerprint density at radius 3 is 2.62 bits per heavy atom. The molecular formula is C34H38F2N6O3. The van der Waals surface area contributed by atoms with Crippen LogP contribution in [0, 0.1) is 17.0 Å². The molecule has 2 saturated heterocycles. The van der Waals surface area contributed by atoms with E-state index in [9.17, 15) is 14.3 Å². The topological polar surface area (TPSA) is 103 Å². The minimum atomic E-state index is -0.601. The van der Waals surface area contributed by atoms with Crippen molar-refractivity contribution in [2.75, 3.05) is 51.8 Å². The number of halogens is 2. The third kappa shape index (κ3) is 5.37. The number of urea groups is 1. The van der Waals surface area contributed by atoms with Gasteiger partial charge in [0.25, 0.3) is 0 Å². The first-order valence-electron chi connectivity index (χ1n) is 15.6. The van der Waals surface area contributed by atoms with Crippen LogP contribution >= 0.6 is 0 Å². The van der Waals surface area contributed by atoms with Gasteiger partial charge in [0.15, 0.2) is 5.82 Å². The largest absolute Gasteiger partial charge is 0.508 e. The first-order chi connectivity index (χ1) is 21.6. The van der Waals surface area contributed by atoms with Gasteiger partial charge in [-0.25, -0.2) is 13.6 Å². The van der Waals surface area contributed by atoms with Crippen molar-refractivity contribution in [1.29, 1.82) is 0 Å². The summed E-state index contributed by atoms with van der Waals surface area (Å²) < 4.78 is 38.1. The number of nitrogens with one attached hydrogen (secondary N) is 2. The fourth-order valence-electron chi connectivity index (χ4n) is 7.25. The lowest BCUT2D eigenvalue weighted by Gasteiger charge is -2.40. The molecular weight excluding hydrogens is 578 g/mol. The number of aryl methyl sites for hydroxylation is 1. The van der Waals surface area contributed by atoms with E-state index in [1.165, 1.54) is 12.1 Å². The molecule has 7 rings (SSSR count). The summed E-state index contributed by atoms with van der Waals surface area (Å²) >= 11 is 0. The van der Waals surface area contributed by atoms with Gasteiger partial charge in [-0.2, -0.15) is 9.97 Å². The maximum atomic E-state index is 16.9. The van der Waals surface area contributed by atoms with Gasteiger partial charge in [0.05, 0.1) is 12.1 Å². The molecule has 1 aliphatic carbocycles. The second-order valence-electron chi connectivity index (χ2n) is 13.3. The number of hydrogen-bond donors (Lipinski definition) is 3. The van der Waals surface area contributed by atoms with Gasteiger partial charge < -0.3 is 30.3 Å². The fraction of sp³-hybridized carbons (Fsp3) is 0.441. The van der Waals surface area contributed by atoms with Crippen LogP contribution in [0.4, 0.5) is 19.4 Å². The second kappa shape index (κ2) is 11.0. The first kappa shape index (κ1) is 29.5. The van der Waals surface area contributed by atoms with Crippen molar-refractivity contribution in [3.63, 3.8) is 0 Å². The van der Waals surface area contributed by atoms with E-state index in [1.807, 2.05) is 21.0 Å². The molecule has 3 heterocycles. The van der Waals surface area contributed by atoms with Crippen LogP contribution in [0.3, 0.4) is 0 Å². The highest BCUT2D eigenvalue weighted by molar-refractivity contribution is 6.03. The van der Waals surface area contributed by atoms with E-state index in [1.54, 1.807) is 24.3 Å². The van der Waals surface area contributed by atoms with Crippen molar-refractivity contribution in [2.45, 2.75) is 44.6 Å². The summed E-state index contributed by atoms with van der Waals surface area (Å²) in [6, 6.07) is 9.35. The van der Waals surface area contributed by atoms with Crippen LogP contribution in [0.5, 0.6) is 11.8 Å². The van der Waals surface area contributed by atoms with E-state index in [2.05, 4.69) is 25.4 Å². The van der Waals surface area contributed by atoms with Crippen LogP contribution in [0.15, 0.2) is 36.4 Å².